The van der Waals surface area contributed by atoms with Crippen LogP contribution < -0.4 is 5.73 Å². The zero-order valence-corrected chi connectivity index (χ0v) is 9.50. The number of ether oxygens (including phenoxy) is 1. The Kier molecular flexibility index (Phi) is 4.50. The number of carboxylic acids is 1. The summed E-state index contributed by atoms with van der Waals surface area (Å²) in [6, 6.07) is 0. The van der Waals surface area contributed by atoms with E-state index in [1.54, 1.807) is 0 Å². The second-order valence-corrected chi connectivity index (χ2v) is 3.58. The lowest BCUT2D eigenvalue weighted by atomic mass is 10.2. The third kappa shape index (κ3) is 4.13. The van der Waals surface area contributed by atoms with Gasteiger partial charge >= 0.3 is 11.9 Å². The quantitative estimate of drug-likeness (QED) is 0.692. The van der Waals surface area contributed by atoms with Crippen LogP contribution in [-0.4, -0.2) is 32.9 Å². The molecule has 1 aromatic heterocycles. The summed E-state index contributed by atoms with van der Waals surface area (Å²) in [4.78, 5) is 22.2. The van der Waals surface area contributed by atoms with Gasteiger partial charge in [0, 0.05) is 6.20 Å². The largest absolute Gasteiger partial charge is 0.479 e. The van der Waals surface area contributed by atoms with E-state index >= 15 is 0 Å². The molecule has 7 heteroatoms. The molecule has 0 aliphatic rings. The summed E-state index contributed by atoms with van der Waals surface area (Å²) in [6.07, 6.45) is 2.69. The molecule has 3 N–H and O–H groups in total. The summed E-state index contributed by atoms with van der Waals surface area (Å²) in [5.74, 6) is -1.78. The van der Waals surface area contributed by atoms with Crippen LogP contribution in [0.1, 0.15) is 19.8 Å². The van der Waals surface area contributed by atoms with Crippen molar-refractivity contribution in [3.05, 3.63) is 12.4 Å². The van der Waals surface area contributed by atoms with Crippen LogP contribution in [0.25, 0.3) is 0 Å². The van der Waals surface area contributed by atoms with Gasteiger partial charge < -0.3 is 15.6 Å². The number of nitrogens with zero attached hydrogens (tertiary/aromatic N) is 2. The van der Waals surface area contributed by atoms with E-state index in [1.807, 2.05) is 6.92 Å². The summed E-state index contributed by atoms with van der Waals surface area (Å²) in [5, 5.41) is 12.6. The zero-order chi connectivity index (χ0) is 12.8. The first-order valence-corrected chi connectivity index (χ1v) is 5.23. The van der Waals surface area contributed by atoms with Gasteiger partial charge in [-0.15, -0.1) is 0 Å². The highest BCUT2D eigenvalue weighted by molar-refractivity contribution is 5.77. The molecule has 0 saturated heterocycles. The third-order valence-electron chi connectivity index (χ3n) is 2.04. The van der Waals surface area contributed by atoms with Crippen LogP contribution in [0.15, 0.2) is 12.4 Å². The molecule has 0 aliphatic heterocycles. The lowest BCUT2D eigenvalue weighted by molar-refractivity contribution is -0.165. The van der Waals surface area contributed by atoms with E-state index in [4.69, 9.17) is 15.6 Å². The fraction of sp³-hybridized carbons (Fsp3) is 0.500. The highest BCUT2D eigenvalue weighted by atomic mass is 16.6. The first-order valence-electron chi connectivity index (χ1n) is 5.23. The van der Waals surface area contributed by atoms with Crippen molar-refractivity contribution in [1.82, 2.24) is 9.78 Å². The van der Waals surface area contributed by atoms with Crippen molar-refractivity contribution >= 4 is 17.6 Å². The minimum atomic E-state index is -1.14. The van der Waals surface area contributed by atoms with E-state index < -0.39 is 18.0 Å². The van der Waals surface area contributed by atoms with Crippen LogP contribution >= 0.6 is 0 Å². The van der Waals surface area contributed by atoms with Crippen LogP contribution in [0.3, 0.4) is 0 Å². The molecule has 7 nitrogen and oxygen atoms in total. The SMILES string of the molecule is CCCC(OC(=O)Cn1cc(N)cn1)C(=O)O. The summed E-state index contributed by atoms with van der Waals surface area (Å²) in [5.41, 5.74) is 5.85. The number of anilines is 1. The predicted molar refractivity (Wildman–Crippen MR) is 59.1 cm³/mol. The predicted octanol–water partition coefficient (Wildman–Crippen LogP) is 0.262. The Morgan fingerprint density at radius 3 is 2.82 bits per heavy atom. The maximum absolute atomic E-state index is 11.4. The minimum Gasteiger partial charge on any atom is -0.479 e. The first kappa shape index (κ1) is 13.0. The Balaban J connectivity index is 2.50. The normalized spacial score (nSPS) is 12.1. The Hall–Kier alpha value is -2.05. The molecule has 1 atom stereocenters. The summed E-state index contributed by atoms with van der Waals surface area (Å²) >= 11 is 0. The molecule has 0 spiro atoms. The maximum Gasteiger partial charge on any atom is 0.345 e. The van der Waals surface area contributed by atoms with Crippen LogP contribution in [0.4, 0.5) is 5.69 Å². The lowest BCUT2D eigenvalue weighted by Gasteiger charge is -2.12. The molecular weight excluding hydrogens is 226 g/mol. The number of aromatic nitrogens is 2. The summed E-state index contributed by atoms with van der Waals surface area (Å²) < 4.78 is 6.12. The van der Waals surface area contributed by atoms with Crippen LogP contribution in [0.5, 0.6) is 0 Å². The highest BCUT2D eigenvalue weighted by Gasteiger charge is 2.21. The monoisotopic (exact) mass is 241 g/mol. The van der Waals surface area contributed by atoms with Crippen molar-refractivity contribution in [3.63, 3.8) is 0 Å². The smallest absolute Gasteiger partial charge is 0.345 e. The van der Waals surface area contributed by atoms with Gasteiger partial charge in [-0.05, 0) is 6.42 Å². The minimum absolute atomic E-state index is 0.148. The average molecular weight is 241 g/mol. The summed E-state index contributed by atoms with van der Waals surface area (Å²) in [7, 11) is 0. The van der Waals surface area contributed by atoms with Crippen molar-refractivity contribution in [2.45, 2.75) is 32.4 Å². The number of nitrogen functional groups attached to an aromatic ring is 1. The maximum atomic E-state index is 11.4. The molecule has 94 valence electrons. The average Bonchev–Trinajstić information content (AvgIpc) is 2.63. The van der Waals surface area contributed by atoms with E-state index in [9.17, 15) is 9.59 Å². The van der Waals surface area contributed by atoms with Crippen molar-refractivity contribution < 1.29 is 19.4 Å². The van der Waals surface area contributed by atoms with E-state index in [0.29, 0.717) is 18.5 Å². The second kappa shape index (κ2) is 5.88. The van der Waals surface area contributed by atoms with Gasteiger partial charge in [-0.2, -0.15) is 5.10 Å². The van der Waals surface area contributed by atoms with Gasteiger partial charge in [-0.3, -0.25) is 9.48 Å². The van der Waals surface area contributed by atoms with E-state index in [0.717, 1.165) is 0 Å². The van der Waals surface area contributed by atoms with Crippen LogP contribution in [0.2, 0.25) is 0 Å². The van der Waals surface area contributed by atoms with Gasteiger partial charge in [-0.25, -0.2) is 4.79 Å². The van der Waals surface area contributed by atoms with E-state index in [2.05, 4.69) is 5.10 Å². The molecular formula is C10H15N3O4. The molecule has 1 aromatic rings. The van der Waals surface area contributed by atoms with Crippen molar-refractivity contribution in [2.75, 3.05) is 5.73 Å². The number of aliphatic carboxylic acids is 1. The number of carbonyl (C=O) groups is 2. The van der Waals surface area contributed by atoms with E-state index in [1.165, 1.54) is 17.1 Å². The number of carbonyl (C=O) groups excluding carboxylic acids is 1. The fourth-order valence-electron chi connectivity index (χ4n) is 1.29. The van der Waals surface area contributed by atoms with Gasteiger partial charge in [0.05, 0.1) is 11.9 Å². The highest BCUT2D eigenvalue weighted by Crippen LogP contribution is 2.04. The molecule has 1 unspecified atom stereocenters. The number of hydrogen-bond donors (Lipinski definition) is 2. The third-order valence-corrected chi connectivity index (χ3v) is 2.04. The van der Waals surface area contributed by atoms with Crippen molar-refractivity contribution in [2.24, 2.45) is 0 Å². The van der Waals surface area contributed by atoms with Crippen LogP contribution in [0, 0.1) is 0 Å². The molecule has 1 heterocycles. The number of rotatable bonds is 6. The van der Waals surface area contributed by atoms with Gasteiger partial charge in [0.2, 0.25) is 0 Å². The number of nitrogens with two attached hydrogens (primary N) is 1. The molecule has 0 saturated carbocycles. The summed E-state index contributed by atoms with van der Waals surface area (Å²) in [6.45, 7) is 1.67. The molecule has 17 heavy (non-hydrogen) atoms. The number of esters is 1. The lowest BCUT2D eigenvalue weighted by Crippen LogP contribution is -2.28. The van der Waals surface area contributed by atoms with Gasteiger partial charge in [-0.1, -0.05) is 13.3 Å². The van der Waals surface area contributed by atoms with E-state index in [-0.39, 0.29) is 6.54 Å². The number of carboxylic acid groups (broad SMARTS) is 1. The van der Waals surface area contributed by atoms with Gasteiger partial charge in [0.1, 0.15) is 6.54 Å². The molecule has 0 bridgehead atoms. The molecule has 0 aliphatic carbocycles. The molecule has 0 amide bonds. The Morgan fingerprint density at radius 1 is 1.65 bits per heavy atom. The van der Waals surface area contributed by atoms with Crippen LogP contribution in [-0.2, 0) is 20.9 Å². The molecule has 0 fully saturated rings. The Bertz CT molecular complexity index is 402. The topological polar surface area (TPSA) is 107 Å². The zero-order valence-electron chi connectivity index (χ0n) is 9.50. The Labute approximate surface area is 98.2 Å². The molecule has 0 aromatic carbocycles. The number of hydrogen-bond acceptors (Lipinski definition) is 5. The Morgan fingerprint density at radius 2 is 2.35 bits per heavy atom. The van der Waals surface area contributed by atoms with Crippen molar-refractivity contribution in [1.29, 1.82) is 0 Å². The fourth-order valence-corrected chi connectivity index (χ4v) is 1.29. The molecule has 1 rings (SSSR count). The van der Waals surface area contributed by atoms with Gasteiger partial charge in [0.15, 0.2) is 6.10 Å². The molecule has 0 radical (unpaired) electrons. The second-order valence-electron chi connectivity index (χ2n) is 3.58. The first-order chi connectivity index (χ1) is 8.02. The van der Waals surface area contributed by atoms with Crippen molar-refractivity contribution in [3.8, 4) is 0 Å². The standard InChI is InChI=1S/C10H15N3O4/c1-2-3-8(10(15)16)17-9(14)6-13-5-7(11)4-12-13/h4-5,8H,2-3,6,11H2,1H3,(H,15,16). The van der Waals surface area contributed by atoms with Gasteiger partial charge in [0.25, 0.3) is 0 Å².